The van der Waals surface area contributed by atoms with Crippen LogP contribution in [0.15, 0.2) is 18.2 Å². The van der Waals surface area contributed by atoms with Crippen LogP contribution in [0.25, 0.3) is 0 Å². The molecule has 1 atom stereocenters. The van der Waals surface area contributed by atoms with Crippen molar-refractivity contribution in [1.82, 2.24) is 15.5 Å². The van der Waals surface area contributed by atoms with Gasteiger partial charge in [0.05, 0.1) is 12.5 Å². The molecular weight excluding hydrogens is 369 g/mol. The van der Waals surface area contributed by atoms with Crippen molar-refractivity contribution in [2.75, 3.05) is 13.1 Å². The van der Waals surface area contributed by atoms with Crippen molar-refractivity contribution >= 4 is 23.4 Å². The predicted octanol–water partition coefficient (Wildman–Crippen LogP) is 3.01. The Bertz CT molecular complexity index is 657. The highest BCUT2D eigenvalue weighted by Gasteiger charge is 2.33. The van der Waals surface area contributed by atoms with Gasteiger partial charge in [0.1, 0.15) is 5.82 Å². The molecule has 0 bridgehead atoms. The van der Waals surface area contributed by atoms with E-state index in [9.17, 15) is 14.0 Å². The second-order valence-corrected chi connectivity index (χ2v) is 7.84. The number of piperazine rings is 1. The fraction of sp³-hybridized carbons (Fsp3) is 0.600. The van der Waals surface area contributed by atoms with Gasteiger partial charge in [0, 0.05) is 36.3 Å². The van der Waals surface area contributed by atoms with Crippen LogP contribution in [0.5, 0.6) is 0 Å². The average molecular weight is 396 g/mol. The van der Waals surface area contributed by atoms with Gasteiger partial charge in [-0.25, -0.2) is 4.39 Å². The quantitative estimate of drug-likeness (QED) is 0.753. The number of hydrogen-bond acceptors (Lipinski definition) is 3. The Kier molecular flexibility index (Phi) is 7.07. The Morgan fingerprint density at radius 3 is 2.70 bits per heavy atom. The molecule has 0 aromatic heterocycles. The Hall–Kier alpha value is -1.66. The fourth-order valence-electron chi connectivity index (χ4n) is 3.95. The van der Waals surface area contributed by atoms with Crippen LogP contribution in [0.2, 0.25) is 5.02 Å². The topological polar surface area (TPSA) is 61.4 Å². The highest BCUT2D eigenvalue weighted by molar-refractivity contribution is 6.31. The number of nitrogens with one attached hydrogen (secondary N) is 2. The molecular formula is C20H27ClFN3O2. The standard InChI is InChI=1S/C20H27ClFN3O2/c21-16-8-5-9-17(22)15(16)13-25-11-10-23-20(27)18(25)12-19(26)24-14-6-3-1-2-4-7-14/h5,8-9,14,18H,1-4,6-7,10-13H2,(H,23,27)(H,24,26)/t18-/m0/s1. The molecule has 3 rings (SSSR count). The van der Waals surface area contributed by atoms with Crippen LogP contribution in [0, 0.1) is 5.82 Å². The summed E-state index contributed by atoms with van der Waals surface area (Å²) in [5, 5.41) is 6.23. The summed E-state index contributed by atoms with van der Waals surface area (Å²) >= 11 is 6.14. The summed E-state index contributed by atoms with van der Waals surface area (Å²) in [5.74, 6) is -0.701. The number of nitrogens with zero attached hydrogens (tertiary/aromatic N) is 1. The van der Waals surface area contributed by atoms with Gasteiger partial charge >= 0.3 is 0 Å². The molecule has 0 spiro atoms. The Morgan fingerprint density at radius 2 is 2.00 bits per heavy atom. The van der Waals surface area contributed by atoms with E-state index in [2.05, 4.69) is 10.6 Å². The summed E-state index contributed by atoms with van der Waals surface area (Å²) in [5.41, 5.74) is 0.364. The SMILES string of the molecule is O=C(C[C@H]1C(=O)NCCN1Cc1c(F)cccc1Cl)NC1CCCCCC1. The van der Waals surface area contributed by atoms with E-state index in [1.807, 2.05) is 4.90 Å². The van der Waals surface area contributed by atoms with E-state index in [0.29, 0.717) is 23.7 Å². The van der Waals surface area contributed by atoms with Crippen LogP contribution in [0.4, 0.5) is 4.39 Å². The maximum atomic E-state index is 14.1. The molecule has 2 aliphatic rings. The number of hydrogen-bond donors (Lipinski definition) is 2. The molecule has 1 aromatic rings. The highest BCUT2D eigenvalue weighted by atomic mass is 35.5. The van der Waals surface area contributed by atoms with Crippen LogP contribution in [0.1, 0.15) is 50.5 Å². The molecule has 2 fully saturated rings. The lowest BCUT2D eigenvalue weighted by molar-refractivity contribution is -0.134. The molecule has 1 saturated carbocycles. The molecule has 7 heteroatoms. The second kappa shape index (κ2) is 9.51. The second-order valence-electron chi connectivity index (χ2n) is 7.44. The molecule has 148 valence electrons. The third-order valence-electron chi connectivity index (χ3n) is 5.46. The van der Waals surface area contributed by atoms with Gasteiger partial charge in [0.25, 0.3) is 0 Å². The van der Waals surface area contributed by atoms with Crippen molar-refractivity contribution in [1.29, 1.82) is 0 Å². The minimum Gasteiger partial charge on any atom is -0.353 e. The van der Waals surface area contributed by atoms with Gasteiger partial charge in [-0.1, -0.05) is 43.4 Å². The molecule has 1 saturated heterocycles. The first kappa shape index (κ1) is 20.1. The summed E-state index contributed by atoms with van der Waals surface area (Å²) in [7, 11) is 0. The summed E-state index contributed by atoms with van der Waals surface area (Å²) < 4.78 is 14.1. The van der Waals surface area contributed by atoms with Gasteiger partial charge in [-0.15, -0.1) is 0 Å². The molecule has 27 heavy (non-hydrogen) atoms. The predicted molar refractivity (Wildman–Crippen MR) is 103 cm³/mol. The monoisotopic (exact) mass is 395 g/mol. The highest BCUT2D eigenvalue weighted by Crippen LogP contribution is 2.23. The third kappa shape index (κ3) is 5.42. The zero-order valence-corrected chi connectivity index (χ0v) is 16.2. The average Bonchev–Trinajstić information content (AvgIpc) is 2.89. The van der Waals surface area contributed by atoms with E-state index < -0.39 is 11.9 Å². The van der Waals surface area contributed by atoms with E-state index in [-0.39, 0.29) is 30.8 Å². The smallest absolute Gasteiger partial charge is 0.237 e. The molecule has 0 radical (unpaired) electrons. The summed E-state index contributed by atoms with van der Waals surface area (Å²) in [6, 6.07) is 4.14. The lowest BCUT2D eigenvalue weighted by Crippen LogP contribution is -2.56. The number of rotatable bonds is 5. The number of amides is 2. The minimum absolute atomic E-state index is 0.0778. The Labute approximate surface area is 164 Å². The van der Waals surface area contributed by atoms with Crippen molar-refractivity contribution in [2.24, 2.45) is 0 Å². The van der Waals surface area contributed by atoms with Crippen molar-refractivity contribution in [3.05, 3.63) is 34.6 Å². The maximum absolute atomic E-state index is 14.1. The number of carbonyl (C=O) groups excluding carboxylic acids is 2. The lowest BCUT2D eigenvalue weighted by Gasteiger charge is -2.35. The molecule has 1 aliphatic heterocycles. The maximum Gasteiger partial charge on any atom is 0.237 e. The van der Waals surface area contributed by atoms with Crippen LogP contribution in [-0.2, 0) is 16.1 Å². The van der Waals surface area contributed by atoms with Crippen LogP contribution < -0.4 is 10.6 Å². The minimum atomic E-state index is -0.611. The van der Waals surface area contributed by atoms with Crippen LogP contribution in [-0.4, -0.2) is 41.9 Å². The molecule has 1 aliphatic carbocycles. The van der Waals surface area contributed by atoms with Crippen LogP contribution >= 0.6 is 11.6 Å². The van der Waals surface area contributed by atoms with Crippen molar-refractivity contribution in [3.63, 3.8) is 0 Å². The molecule has 2 N–H and O–H groups in total. The molecule has 1 aromatic carbocycles. The number of carbonyl (C=O) groups is 2. The zero-order chi connectivity index (χ0) is 19.2. The number of halogens is 2. The van der Waals surface area contributed by atoms with E-state index >= 15 is 0 Å². The zero-order valence-electron chi connectivity index (χ0n) is 15.5. The van der Waals surface area contributed by atoms with Gasteiger partial charge in [-0.3, -0.25) is 14.5 Å². The van der Waals surface area contributed by atoms with E-state index in [4.69, 9.17) is 11.6 Å². The van der Waals surface area contributed by atoms with E-state index in [0.717, 1.165) is 25.7 Å². The normalized spacial score (nSPS) is 22.1. The van der Waals surface area contributed by atoms with Gasteiger partial charge in [0.15, 0.2) is 0 Å². The van der Waals surface area contributed by atoms with Crippen molar-refractivity contribution in [3.8, 4) is 0 Å². The van der Waals surface area contributed by atoms with Crippen molar-refractivity contribution < 1.29 is 14.0 Å². The molecule has 2 amide bonds. The van der Waals surface area contributed by atoms with E-state index in [1.54, 1.807) is 12.1 Å². The van der Waals surface area contributed by atoms with Gasteiger partial charge in [-0.2, -0.15) is 0 Å². The van der Waals surface area contributed by atoms with Crippen molar-refractivity contribution in [2.45, 2.75) is 63.6 Å². The first-order chi connectivity index (χ1) is 13.0. The third-order valence-corrected chi connectivity index (χ3v) is 5.82. The molecule has 1 heterocycles. The molecule has 5 nitrogen and oxygen atoms in total. The van der Waals surface area contributed by atoms with Crippen LogP contribution in [0.3, 0.4) is 0 Å². The lowest BCUT2D eigenvalue weighted by atomic mass is 10.0. The first-order valence-corrected chi connectivity index (χ1v) is 10.2. The number of benzene rings is 1. The summed E-state index contributed by atoms with van der Waals surface area (Å²) in [6.45, 7) is 1.24. The Balaban J connectivity index is 1.65. The van der Waals surface area contributed by atoms with Gasteiger partial charge < -0.3 is 10.6 Å². The van der Waals surface area contributed by atoms with E-state index in [1.165, 1.54) is 18.9 Å². The van der Waals surface area contributed by atoms with Gasteiger partial charge in [-0.05, 0) is 25.0 Å². The fourth-order valence-corrected chi connectivity index (χ4v) is 4.17. The van der Waals surface area contributed by atoms with Gasteiger partial charge in [0.2, 0.25) is 11.8 Å². The largest absolute Gasteiger partial charge is 0.353 e. The first-order valence-electron chi connectivity index (χ1n) is 9.78. The summed E-state index contributed by atoms with van der Waals surface area (Å²) in [6.07, 6.45) is 6.77. The summed E-state index contributed by atoms with van der Waals surface area (Å²) in [4.78, 5) is 26.8. The Morgan fingerprint density at radius 1 is 1.26 bits per heavy atom. The molecule has 0 unspecified atom stereocenters.